The molecule has 0 saturated carbocycles. The molecule has 1 aliphatic heterocycles. The van der Waals surface area contributed by atoms with Gasteiger partial charge in [-0.05, 0) is 18.6 Å². The Morgan fingerprint density at radius 2 is 1.80 bits per heavy atom. The predicted molar refractivity (Wildman–Crippen MR) is 76.0 cm³/mol. The molecule has 2 amide bonds. The van der Waals surface area contributed by atoms with Crippen molar-refractivity contribution < 1.29 is 19.5 Å². The Kier molecular flexibility index (Phi) is 4.44. The van der Waals surface area contributed by atoms with Crippen molar-refractivity contribution in [1.82, 2.24) is 4.90 Å². The fraction of sp³-hybridized carbons (Fsp3) is 0.357. The van der Waals surface area contributed by atoms with Crippen LogP contribution in [0.1, 0.15) is 34.1 Å². The van der Waals surface area contributed by atoms with Crippen LogP contribution in [0, 0.1) is 0 Å². The normalized spacial score (nSPS) is 15.3. The Balaban J connectivity index is 1.98. The van der Waals surface area contributed by atoms with Gasteiger partial charge in [-0.2, -0.15) is 0 Å². The van der Waals surface area contributed by atoms with Gasteiger partial charge in [-0.25, -0.2) is 0 Å². The molecule has 106 valence electrons. The number of fused-ring (bicyclic) bond motifs is 1. The number of carboxylic acid groups (broad SMARTS) is 1. The first-order valence-electron chi connectivity index (χ1n) is 6.36. The van der Waals surface area contributed by atoms with E-state index in [1.165, 1.54) is 16.7 Å². The lowest BCUT2D eigenvalue weighted by molar-refractivity contribution is -0.136. The number of thioether (sulfide) groups is 1. The number of imide groups is 1. The molecule has 2 rings (SSSR count). The fourth-order valence-electron chi connectivity index (χ4n) is 2.09. The van der Waals surface area contributed by atoms with Crippen molar-refractivity contribution >= 4 is 29.5 Å². The van der Waals surface area contributed by atoms with Gasteiger partial charge in [0.1, 0.15) is 5.25 Å². The van der Waals surface area contributed by atoms with Gasteiger partial charge in [0.2, 0.25) is 0 Å². The van der Waals surface area contributed by atoms with Gasteiger partial charge in [-0.3, -0.25) is 19.3 Å². The maximum absolute atomic E-state index is 12.1. The Hall–Kier alpha value is -1.82. The Labute approximate surface area is 121 Å². The second kappa shape index (κ2) is 6.09. The van der Waals surface area contributed by atoms with Crippen LogP contribution in [0.4, 0.5) is 0 Å². The molecule has 1 unspecified atom stereocenters. The zero-order chi connectivity index (χ0) is 14.7. The van der Waals surface area contributed by atoms with Gasteiger partial charge in [0.25, 0.3) is 11.8 Å². The standard InChI is InChI=1S/C14H15NO4S/c1-2-11(14(18)19)20-8-7-15-12(16)9-5-3-4-6-10(9)13(15)17/h3-6,11H,2,7-8H2,1H3,(H,18,19). The number of carbonyl (C=O) groups is 3. The van der Waals surface area contributed by atoms with Crippen LogP contribution in [0.5, 0.6) is 0 Å². The second-order valence-electron chi connectivity index (χ2n) is 4.41. The maximum Gasteiger partial charge on any atom is 0.316 e. The highest BCUT2D eigenvalue weighted by atomic mass is 32.2. The number of rotatable bonds is 6. The van der Waals surface area contributed by atoms with Crippen molar-refractivity contribution in [3.05, 3.63) is 35.4 Å². The molecule has 0 spiro atoms. The Morgan fingerprint density at radius 1 is 1.25 bits per heavy atom. The average Bonchev–Trinajstić information content (AvgIpc) is 2.68. The van der Waals surface area contributed by atoms with E-state index in [-0.39, 0.29) is 18.4 Å². The molecular weight excluding hydrogens is 278 g/mol. The Morgan fingerprint density at radius 3 is 2.25 bits per heavy atom. The number of amides is 2. The molecule has 0 aliphatic carbocycles. The van der Waals surface area contributed by atoms with Gasteiger partial charge >= 0.3 is 5.97 Å². The summed E-state index contributed by atoms with van der Waals surface area (Å²) in [4.78, 5) is 36.2. The summed E-state index contributed by atoms with van der Waals surface area (Å²) < 4.78 is 0. The molecule has 1 N–H and O–H groups in total. The summed E-state index contributed by atoms with van der Waals surface area (Å²) in [6, 6.07) is 6.71. The summed E-state index contributed by atoms with van der Waals surface area (Å²) in [6.07, 6.45) is 0.516. The van der Waals surface area contributed by atoms with Crippen molar-refractivity contribution in [3.8, 4) is 0 Å². The summed E-state index contributed by atoms with van der Waals surface area (Å²) in [6.45, 7) is 2.04. The number of hydrogen-bond donors (Lipinski definition) is 1. The molecule has 1 heterocycles. The minimum atomic E-state index is -0.861. The van der Waals surface area contributed by atoms with E-state index in [1.807, 2.05) is 0 Å². The van der Waals surface area contributed by atoms with E-state index in [0.717, 1.165) is 0 Å². The summed E-state index contributed by atoms with van der Waals surface area (Å²) in [5.74, 6) is -1.03. The number of hydrogen-bond acceptors (Lipinski definition) is 4. The average molecular weight is 293 g/mol. The third-order valence-corrected chi connectivity index (χ3v) is 4.51. The van der Waals surface area contributed by atoms with Crippen LogP contribution in [-0.2, 0) is 4.79 Å². The van der Waals surface area contributed by atoms with Gasteiger partial charge in [0.15, 0.2) is 0 Å². The van der Waals surface area contributed by atoms with Crippen LogP contribution in [-0.4, -0.2) is 45.3 Å². The van der Waals surface area contributed by atoms with E-state index in [2.05, 4.69) is 0 Å². The summed E-state index contributed by atoms with van der Waals surface area (Å²) >= 11 is 1.25. The first kappa shape index (κ1) is 14.6. The van der Waals surface area contributed by atoms with Crippen LogP contribution >= 0.6 is 11.8 Å². The molecule has 0 fully saturated rings. The zero-order valence-corrected chi connectivity index (χ0v) is 11.9. The van der Waals surface area contributed by atoms with Crippen molar-refractivity contribution in [2.45, 2.75) is 18.6 Å². The summed E-state index contributed by atoms with van der Waals surface area (Å²) in [5.41, 5.74) is 0.848. The quantitative estimate of drug-likeness (QED) is 0.811. The molecule has 5 nitrogen and oxygen atoms in total. The molecule has 1 aromatic rings. The zero-order valence-electron chi connectivity index (χ0n) is 11.0. The van der Waals surface area contributed by atoms with Gasteiger partial charge in [-0.1, -0.05) is 19.1 Å². The van der Waals surface area contributed by atoms with E-state index in [0.29, 0.717) is 23.3 Å². The number of nitrogens with zero attached hydrogens (tertiary/aromatic N) is 1. The lowest BCUT2D eigenvalue weighted by Gasteiger charge is -2.15. The van der Waals surface area contributed by atoms with Crippen LogP contribution in [0.2, 0.25) is 0 Å². The van der Waals surface area contributed by atoms with Crippen molar-refractivity contribution in [2.24, 2.45) is 0 Å². The summed E-state index contributed by atoms with van der Waals surface area (Å²) in [7, 11) is 0. The minimum Gasteiger partial charge on any atom is -0.480 e. The van der Waals surface area contributed by atoms with Gasteiger partial charge < -0.3 is 5.11 Å². The number of carbonyl (C=O) groups excluding carboxylic acids is 2. The first-order chi connectivity index (χ1) is 9.56. The lowest BCUT2D eigenvalue weighted by atomic mass is 10.1. The lowest BCUT2D eigenvalue weighted by Crippen LogP contribution is -2.32. The largest absolute Gasteiger partial charge is 0.480 e. The topological polar surface area (TPSA) is 74.7 Å². The smallest absolute Gasteiger partial charge is 0.316 e. The van der Waals surface area contributed by atoms with E-state index >= 15 is 0 Å². The SMILES string of the molecule is CCC(SCCN1C(=O)c2ccccc2C1=O)C(=O)O. The molecule has 0 aromatic heterocycles. The van der Waals surface area contributed by atoms with Crippen LogP contribution in [0.3, 0.4) is 0 Å². The third-order valence-electron chi connectivity index (χ3n) is 3.16. The highest BCUT2D eigenvalue weighted by molar-refractivity contribution is 8.00. The number of benzene rings is 1. The predicted octanol–water partition coefficient (Wildman–Crippen LogP) is 1.88. The van der Waals surface area contributed by atoms with Crippen LogP contribution in [0.15, 0.2) is 24.3 Å². The van der Waals surface area contributed by atoms with Crippen molar-refractivity contribution in [2.75, 3.05) is 12.3 Å². The molecule has 1 aliphatic rings. The molecule has 0 radical (unpaired) electrons. The van der Waals surface area contributed by atoms with Crippen LogP contribution in [0.25, 0.3) is 0 Å². The highest BCUT2D eigenvalue weighted by Gasteiger charge is 2.34. The van der Waals surface area contributed by atoms with Gasteiger partial charge in [0.05, 0.1) is 11.1 Å². The molecular formula is C14H15NO4S. The van der Waals surface area contributed by atoms with E-state index in [1.54, 1.807) is 31.2 Å². The van der Waals surface area contributed by atoms with Gasteiger partial charge in [0, 0.05) is 12.3 Å². The minimum absolute atomic E-state index is 0.237. The van der Waals surface area contributed by atoms with Crippen LogP contribution < -0.4 is 0 Å². The molecule has 1 atom stereocenters. The molecule has 0 bridgehead atoms. The molecule has 1 aromatic carbocycles. The monoisotopic (exact) mass is 293 g/mol. The molecule has 0 saturated heterocycles. The number of carboxylic acids is 1. The maximum atomic E-state index is 12.1. The first-order valence-corrected chi connectivity index (χ1v) is 7.40. The van der Waals surface area contributed by atoms with E-state index in [4.69, 9.17) is 5.11 Å². The summed E-state index contributed by atoms with van der Waals surface area (Å²) in [5, 5.41) is 8.45. The fourth-order valence-corrected chi connectivity index (χ4v) is 3.04. The van der Waals surface area contributed by atoms with Gasteiger partial charge in [-0.15, -0.1) is 11.8 Å². The third kappa shape index (κ3) is 2.70. The van der Waals surface area contributed by atoms with E-state index in [9.17, 15) is 14.4 Å². The van der Waals surface area contributed by atoms with Crippen molar-refractivity contribution in [1.29, 1.82) is 0 Å². The molecule has 20 heavy (non-hydrogen) atoms. The number of aliphatic carboxylic acids is 1. The Bertz CT molecular complexity index is 523. The highest BCUT2D eigenvalue weighted by Crippen LogP contribution is 2.23. The molecule has 6 heteroatoms. The second-order valence-corrected chi connectivity index (χ2v) is 5.72. The van der Waals surface area contributed by atoms with E-state index < -0.39 is 11.2 Å². The van der Waals surface area contributed by atoms with Crippen molar-refractivity contribution in [3.63, 3.8) is 0 Å².